The van der Waals surface area contributed by atoms with Crippen molar-refractivity contribution in [2.24, 2.45) is 0 Å². The monoisotopic (exact) mass is 535 g/mol. The maximum Gasteiger partial charge on any atom is 0.166 e. The zero-order chi connectivity index (χ0) is 26.1. The number of nitrogens with zero attached hydrogens (tertiary/aromatic N) is 4. The normalized spacial score (nSPS) is 14.2. The zero-order valence-electron chi connectivity index (χ0n) is 20.6. The molecule has 7 nitrogen and oxygen atoms in total. The lowest BCUT2D eigenvalue weighted by atomic mass is 9.99. The first-order chi connectivity index (χ1) is 17.8. The number of aromatic hydroxyl groups is 1. The minimum Gasteiger partial charge on any atom is -0.505 e. The molecule has 0 amide bonds. The van der Waals surface area contributed by atoms with Crippen LogP contribution in [0, 0.1) is 0 Å². The van der Waals surface area contributed by atoms with E-state index >= 15 is 0 Å². The van der Waals surface area contributed by atoms with Gasteiger partial charge in [-0.15, -0.1) is 0 Å². The van der Waals surface area contributed by atoms with Gasteiger partial charge in [-0.2, -0.15) is 0 Å². The topological polar surface area (TPSA) is 81.6 Å². The third kappa shape index (κ3) is 5.21. The van der Waals surface area contributed by atoms with E-state index in [0.717, 1.165) is 59.7 Å². The molecule has 0 saturated carbocycles. The molecule has 2 aromatic heterocycles. The van der Waals surface area contributed by atoms with Gasteiger partial charge in [-0.3, -0.25) is 9.78 Å². The first-order valence-corrected chi connectivity index (χ1v) is 12.9. The number of rotatable bonds is 6. The molecule has 2 N–H and O–H groups in total. The summed E-state index contributed by atoms with van der Waals surface area (Å²) in [7, 11) is 2.13. The highest BCUT2D eigenvalue weighted by Gasteiger charge is 2.18. The van der Waals surface area contributed by atoms with Gasteiger partial charge >= 0.3 is 0 Å². The molecule has 5 rings (SSSR count). The Bertz CT molecular complexity index is 1440. The Morgan fingerprint density at radius 2 is 1.70 bits per heavy atom. The second kappa shape index (κ2) is 10.5. The minimum absolute atomic E-state index is 0.0139. The number of piperazine rings is 1. The fourth-order valence-corrected chi connectivity index (χ4v) is 4.95. The standard InChI is InChI=1S/C28H27Cl2N5O2/c1-3-25(36)21-16-31-24-6-4-17(18-13-22(29)28(37)23(30)14-18)12-20(24)27(21)33-19-5-7-26(32-15-19)35-10-8-34(2)9-11-35/h4-7,12-16,37H,3,8-11H2,1-2H3,(H,31,33). The second-order valence-corrected chi connectivity index (χ2v) is 9.98. The molecule has 1 aliphatic rings. The molecule has 0 unspecified atom stereocenters. The van der Waals surface area contributed by atoms with Gasteiger partial charge in [0, 0.05) is 44.2 Å². The third-order valence-electron chi connectivity index (χ3n) is 6.68. The summed E-state index contributed by atoms with van der Waals surface area (Å²) in [6, 6.07) is 13.0. The summed E-state index contributed by atoms with van der Waals surface area (Å²) in [4.78, 5) is 26.7. The summed E-state index contributed by atoms with van der Waals surface area (Å²) < 4.78 is 0. The van der Waals surface area contributed by atoms with Crippen LogP contribution in [0.1, 0.15) is 23.7 Å². The van der Waals surface area contributed by atoms with E-state index in [1.54, 1.807) is 24.5 Å². The summed E-state index contributed by atoms with van der Waals surface area (Å²) in [5, 5.41) is 14.5. The predicted octanol–water partition coefficient (Wildman–Crippen LogP) is 6.40. The van der Waals surface area contributed by atoms with Crippen LogP contribution in [-0.2, 0) is 0 Å². The number of benzene rings is 2. The van der Waals surface area contributed by atoms with Crippen molar-refractivity contribution in [3.8, 4) is 16.9 Å². The van der Waals surface area contributed by atoms with Crippen LogP contribution in [0.4, 0.5) is 17.2 Å². The van der Waals surface area contributed by atoms with Gasteiger partial charge < -0.3 is 20.2 Å². The van der Waals surface area contributed by atoms with Gasteiger partial charge in [-0.25, -0.2) is 4.98 Å². The van der Waals surface area contributed by atoms with Crippen molar-refractivity contribution in [2.75, 3.05) is 43.4 Å². The number of anilines is 3. The molecule has 0 radical (unpaired) electrons. The highest BCUT2D eigenvalue weighted by atomic mass is 35.5. The Morgan fingerprint density at radius 1 is 0.973 bits per heavy atom. The van der Waals surface area contributed by atoms with E-state index in [4.69, 9.17) is 23.2 Å². The molecule has 0 spiro atoms. The van der Waals surface area contributed by atoms with Crippen molar-refractivity contribution in [2.45, 2.75) is 13.3 Å². The van der Waals surface area contributed by atoms with Crippen LogP contribution in [-0.4, -0.2) is 59.0 Å². The molecule has 1 saturated heterocycles. The summed E-state index contributed by atoms with van der Waals surface area (Å²) in [5.74, 6) is 0.770. The molecular formula is C28H27Cl2N5O2. The molecular weight excluding hydrogens is 509 g/mol. The van der Waals surface area contributed by atoms with Gasteiger partial charge in [0.25, 0.3) is 0 Å². The summed E-state index contributed by atoms with van der Waals surface area (Å²) in [5.41, 5.74) is 4.26. The quantitative estimate of drug-likeness (QED) is 0.276. The SMILES string of the molecule is CCC(=O)c1cnc2ccc(-c3cc(Cl)c(O)c(Cl)c3)cc2c1Nc1ccc(N2CCN(C)CC2)nc1. The second-order valence-electron chi connectivity index (χ2n) is 9.16. The number of halogens is 2. The van der Waals surface area contributed by atoms with Crippen molar-refractivity contribution in [3.05, 3.63) is 70.5 Å². The number of carbonyl (C=O) groups is 1. The van der Waals surface area contributed by atoms with Crippen LogP contribution >= 0.6 is 23.2 Å². The average Bonchev–Trinajstić information content (AvgIpc) is 2.92. The van der Waals surface area contributed by atoms with Crippen LogP contribution in [0.2, 0.25) is 10.0 Å². The number of likely N-dealkylation sites (N-methyl/N-ethyl adjacent to an activating group) is 1. The van der Waals surface area contributed by atoms with Gasteiger partial charge in [0.2, 0.25) is 0 Å². The molecule has 2 aromatic carbocycles. The fourth-order valence-electron chi connectivity index (χ4n) is 4.47. The van der Waals surface area contributed by atoms with Gasteiger partial charge in [-0.1, -0.05) is 36.2 Å². The number of nitrogens with one attached hydrogen (secondary N) is 1. The first kappa shape index (κ1) is 25.3. The molecule has 9 heteroatoms. The number of ketones is 1. The molecule has 190 valence electrons. The van der Waals surface area contributed by atoms with E-state index in [0.29, 0.717) is 17.7 Å². The van der Waals surface area contributed by atoms with Crippen molar-refractivity contribution >= 4 is 57.1 Å². The minimum atomic E-state index is -0.153. The molecule has 4 aromatic rings. The molecule has 1 aliphatic heterocycles. The number of Topliss-reactive ketones (excluding diaryl/α,β-unsaturated/α-hetero) is 1. The molecule has 0 bridgehead atoms. The maximum atomic E-state index is 12.9. The number of phenols is 1. The average molecular weight is 536 g/mol. The predicted molar refractivity (Wildman–Crippen MR) is 151 cm³/mol. The van der Waals surface area contributed by atoms with Crippen molar-refractivity contribution in [1.29, 1.82) is 0 Å². The largest absolute Gasteiger partial charge is 0.505 e. The summed E-state index contributed by atoms with van der Waals surface area (Å²) >= 11 is 12.3. The number of aromatic nitrogens is 2. The Labute approximate surface area is 225 Å². The van der Waals surface area contributed by atoms with E-state index in [9.17, 15) is 9.90 Å². The van der Waals surface area contributed by atoms with E-state index in [1.165, 1.54) is 0 Å². The third-order valence-corrected chi connectivity index (χ3v) is 7.26. The van der Waals surface area contributed by atoms with Gasteiger partial charge in [0.05, 0.1) is 38.7 Å². The fraction of sp³-hybridized carbons (Fsp3) is 0.250. The molecule has 1 fully saturated rings. The summed E-state index contributed by atoms with van der Waals surface area (Å²) in [6.45, 7) is 5.72. The lowest BCUT2D eigenvalue weighted by molar-refractivity contribution is 0.0988. The highest BCUT2D eigenvalue weighted by Crippen LogP contribution is 2.38. The number of phenolic OH excluding ortho intramolecular Hbond substituents is 1. The van der Waals surface area contributed by atoms with Gasteiger partial charge in [0.15, 0.2) is 11.5 Å². The Hall–Kier alpha value is -3.39. The first-order valence-electron chi connectivity index (χ1n) is 12.1. The van der Waals surface area contributed by atoms with Crippen LogP contribution in [0.15, 0.2) is 54.9 Å². The smallest absolute Gasteiger partial charge is 0.166 e. The van der Waals surface area contributed by atoms with E-state index in [1.807, 2.05) is 37.3 Å². The van der Waals surface area contributed by atoms with Crippen LogP contribution in [0.25, 0.3) is 22.0 Å². The lowest BCUT2D eigenvalue weighted by Crippen LogP contribution is -2.44. The molecule has 0 atom stereocenters. The van der Waals surface area contributed by atoms with Gasteiger partial charge in [-0.05, 0) is 54.6 Å². The Kier molecular flexibility index (Phi) is 7.20. The van der Waals surface area contributed by atoms with Gasteiger partial charge in [0.1, 0.15) is 5.82 Å². The number of fused-ring (bicyclic) bond motifs is 1. The van der Waals surface area contributed by atoms with Crippen LogP contribution in [0.3, 0.4) is 0 Å². The number of pyridine rings is 2. The van der Waals surface area contributed by atoms with E-state index in [-0.39, 0.29) is 21.6 Å². The highest BCUT2D eigenvalue weighted by molar-refractivity contribution is 6.37. The number of hydrogen-bond acceptors (Lipinski definition) is 7. The van der Waals surface area contributed by atoms with Crippen LogP contribution in [0.5, 0.6) is 5.75 Å². The van der Waals surface area contributed by atoms with Crippen molar-refractivity contribution < 1.29 is 9.90 Å². The van der Waals surface area contributed by atoms with E-state index in [2.05, 4.69) is 32.1 Å². The van der Waals surface area contributed by atoms with Crippen molar-refractivity contribution in [1.82, 2.24) is 14.9 Å². The number of carbonyl (C=O) groups excluding carboxylic acids is 1. The Morgan fingerprint density at radius 3 is 2.35 bits per heavy atom. The maximum absolute atomic E-state index is 12.9. The summed E-state index contributed by atoms with van der Waals surface area (Å²) in [6.07, 6.45) is 3.77. The molecule has 37 heavy (non-hydrogen) atoms. The molecule has 3 heterocycles. The van der Waals surface area contributed by atoms with Crippen molar-refractivity contribution in [3.63, 3.8) is 0 Å². The van der Waals surface area contributed by atoms with Crippen LogP contribution < -0.4 is 10.2 Å². The lowest BCUT2D eigenvalue weighted by Gasteiger charge is -2.33. The number of hydrogen-bond donors (Lipinski definition) is 2. The Balaban J connectivity index is 1.54. The molecule has 0 aliphatic carbocycles. The zero-order valence-corrected chi connectivity index (χ0v) is 22.1. The van der Waals surface area contributed by atoms with E-state index < -0.39 is 0 Å².